The second kappa shape index (κ2) is 9.25. The number of aliphatic hydroxyl groups excluding tert-OH is 1. The number of para-hydroxylation sites is 1. The molecular formula is C21H29ClN4O2. The number of aliphatic hydroxyl groups is 1. The number of benzene rings is 1. The quantitative estimate of drug-likeness (QED) is 0.800. The van der Waals surface area contributed by atoms with E-state index in [9.17, 15) is 5.11 Å². The van der Waals surface area contributed by atoms with Crippen molar-refractivity contribution in [3.63, 3.8) is 0 Å². The molecule has 2 aliphatic rings. The van der Waals surface area contributed by atoms with E-state index in [2.05, 4.69) is 19.7 Å². The summed E-state index contributed by atoms with van der Waals surface area (Å²) in [5, 5.41) is 20.0. The number of nitrogens with zero attached hydrogens (tertiary/aromatic N) is 4. The highest BCUT2D eigenvalue weighted by Crippen LogP contribution is 2.28. The summed E-state index contributed by atoms with van der Waals surface area (Å²) in [6, 6.07) is 7.36. The predicted octanol–water partition coefficient (Wildman–Crippen LogP) is 3.28. The number of aryl methyl sites for hydroxylation is 1. The molecule has 1 N–H and O–H groups in total. The molecule has 28 heavy (non-hydrogen) atoms. The smallest absolute Gasteiger partial charge is 0.138 e. The van der Waals surface area contributed by atoms with Gasteiger partial charge in [-0.15, -0.1) is 10.2 Å². The minimum Gasteiger partial charge on any atom is -0.489 e. The lowest BCUT2D eigenvalue weighted by atomic mass is 9.96. The van der Waals surface area contributed by atoms with Crippen LogP contribution in [-0.4, -0.2) is 57.1 Å². The van der Waals surface area contributed by atoms with Crippen LogP contribution in [0.4, 0.5) is 0 Å². The number of fused-ring (bicyclic) bond motifs is 1. The van der Waals surface area contributed by atoms with Crippen molar-refractivity contribution in [3.05, 3.63) is 40.9 Å². The lowest BCUT2D eigenvalue weighted by Gasteiger charge is -2.33. The number of likely N-dealkylation sites (tertiary alicyclic amines) is 1. The van der Waals surface area contributed by atoms with Crippen molar-refractivity contribution in [2.24, 2.45) is 0 Å². The number of hydrogen-bond donors (Lipinski definition) is 1. The van der Waals surface area contributed by atoms with Gasteiger partial charge < -0.3 is 14.4 Å². The number of piperidine rings is 1. The Morgan fingerprint density at radius 2 is 2.04 bits per heavy atom. The van der Waals surface area contributed by atoms with Gasteiger partial charge in [0.25, 0.3) is 0 Å². The maximum atomic E-state index is 10.5. The first-order chi connectivity index (χ1) is 13.7. The van der Waals surface area contributed by atoms with Gasteiger partial charge in [-0.1, -0.05) is 30.2 Å². The molecule has 2 aromatic rings. The van der Waals surface area contributed by atoms with Crippen LogP contribution in [0.25, 0.3) is 0 Å². The first kappa shape index (κ1) is 19.7. The van der Waals surface area contributed by atoms with Gasteiger partial charge in [0.15, 0.2) is 0 Å². The number of β-amino-alcohol motifs (C(OH)–C–C–N with tert-alkyl or cyclic N) is 1. The monoisotopic (exact) mass is 404 g/mol. The molecule has 2 unspecified atom stereocenters. The van der Waals surface area contributed by atoms with E-state index in [0.717, 1.165) is 50.5 Å². The van der Waals surface area contributed by atoms with Crippen LogP contribution in [0.5, 0.6) is 5.75 Å². The van der Waals surface area contributed by atoms with E-state index in [1.807, 2.05) is 18.2 Å². The van der Waals surface area contributed by atoms with Crippen LogP contribution < -0.4 is 4.74 Å². The summed E-state index contributed by atoms with van der Waals surface area (Å²) < 4.78 is 8.05. The molecule has 6 nitrogen and oxygen atoms in total. The molecule has 0 aliphatic carbocycles. The van der Waals surface area contributed by atoms with E-state index in [0.29, 0.717) is 23.2 Å². The molecule has 3 heterocycles. The standard InChI is InChI=1S/C21H29ClN4O2/c22-18-8-3-4-9-19(18)28-15-17(27)14-25-11-6-7-16(13-25)21-24-23-20-10-2-1-5-12-26(20)21/h3-4,8-9,16-17,27H,1-2,5-7,10-15H2. The number of ether oxygens (including phenoxy) is 1. The highest BCUT2D eigenvalue weighted by atomic mass is 35.5. The normalized spacial score (nSPS) is 21.7. The third-order valence-corrected chi connectivity index (χ3v) is 6.06. The molecule has 0 saturated carbocycles. The van der Waals surface area contributed by atoms with Gasteiger partial charge in [-0.2, -0.15) is 0 Å². The molecule has 1 aromatic carbocycles. The van der Waals surface area contributed by atoms with E-state index in [-0.39, 0.29) is 6.61 Å². The Balaban J connectivity index is 1.33. The summed E-state index contributed by atoms with van der Waals surface area (Å²) in [6.45, 7) is 3.80. The van der Waals surface area contributed by atoms with E-state index < -0.39 is 6.10 Å². The van der Waals surface area contributed by atoms with Gasteiger partial charge >= 0.3 is 0 Å². The molecule has 7 heteroatoms. The van der Waals surface area contributed by atoms with Crippen LogP contribution in [0, 0.1) is 0 Å². The second-order valence-corrected chi connectivity index (χ2v) is 8.34. The molecule has 0 amide bonds. The van der Waals surface area contributed by atoms with Crippen molar-refractivity contribution in [3.8, 4) is 5.75 Å². The Morgan fingerprint density at radius 1 is 1.14 bits per heavy atom. The average Bonchev–Trinajstić information content (AvgIpc) is 2.96. The average molecular weight is 405 g/mol. The van der Waals surface area contributed by atoms with Gasteiger partial charge in [-0.25, -0.2) is 0 Å². The molecule has 0 spiro atoms. The van der Waals surface area contributed by atoms with Crippen LogP contribution >= 0.6 is 11.6 Å². The zero-order chi connectivity index (χ0) is 19.3. The van der Waals surface area contributed by atoms with Crippen molar-refractivity contribution >= 4 is 11.6 Å². The minimum atomic E-state index is -0.550. The minimum absolute atomic E-state index is 0.241. The molecule has 1 aromatic heterocycles. The summed E-state index contributed by atoms with van der Waals surface area (Å²) in [6.07, 6.45) is 6.45. The van der Waals surface area contributed by atoms with Crippen LogP contribution in [0.1, 0.15) is 49.7 Å². The maximum absolute atomic E-state index is 10.5. The van der Waals surface area contributed by atoms with E-state index in [1.54, 1.807) is 6.07 Å². The molecule has 4 rings (SSSR count). The van der Waals surface area contributed by atoms with Gasteiger partial charge in [0, 0.05) is 32.0 Å². The van der Waals surface area contributed by atoms with E-state index in [4.69, 9.17) is 16.3 Å². The Hall–Kier alpha value is -1.63. The highest BCUT2D eigenvalue weighted by molar-refractivity contribution is 6.32. The second-order valence-electron chi connectivity index (χ2n) is 7.93. The summed E-state index contributed by atoms with van der Waals surface area (Å²) in [4.78, 5) is 2.33. The Morgan fingerprint density at radius 3 is 2.93 bits per heavy atom. The number of rotatable bonds is 6. The Bertz CT molecular complexity index is 782. The lowest BCUT2D eigenvalue weighted by Crippen LogP contribution is -2.41. The summed E-state index contributed by atoms with van der Waals surface area (Å²) in [5.41, 5.74) is 0. The van der Waals surface area contributed by atoms with Crippen LogP contribution in [-0.2, 0) is 13.0 Å². The third-order valence-electron chi connectivity index (χ3n) is 5.75. The zero-order valence-corrected chi connectivity index (χ0v) is 17.0. The summed E-state index contributed by atoms with van der Waals surface area (Å²) in [7, 11) is 0. The first-order valence-corrected chi connectivity index (χ1v) is 10.8. The molecule has 2 atom stereocenters. The molecule has 0 radical (unpaired) electrons. The van der Waals surface area contributed by atoms with Crippen molar-refractivity contribution in [1.82, 2.24) is 19.7 Å². The predicted molar refractivity (Wildman–Crippen MR) is 109 cm³/mol. The van der Waals surface area contributed by atoms with Crippen molar-refractivity contribution in [2.45, 2.75) is 57.1 Å². The molecule has 152 valence electrons. The van der Waals surface area contributed by atoms with Gasteiger partial charge in [-0.05, 0) is 44.4 Å². The largest absolute Gasteiger partial charge is 0.489 e. The lowest BCUT2D eigenvalue weighted by molar-refractivity contribution is 0.0576. The fourth-order valence-electron chi connectivity index (χ4n) is 4.34. The first-order valence-electron chi connectivity index (χ1n) is 10.4. The topological polar surface area (TPSA) is 63.4 Å². The number of aromatic nitrogens is 3. The van der Waals surface area contributed by atoms with Crippen LogP contribution in [0.2, 0.25) is 5.02 Å². The van der Waals surface area contributed by atoms with E-state index >= 15 is 0 Å². The molecular weight excluding hydrogens is 376 g/mol. The fourth-order valence-corrected chi connectivity index (χ4v) is 4.53. The molecule has 0 bridgehead atoms. The zero-order valence-electron chi connectivity index (χ0n) is 16.3. The van der Waals surface area contributed by atoms with Crippen LogP contribution in [0.15, 0.2) is 24.3 Å². The SMILES string of the molecule is OC(COc1ccccc1Cl)CN1CCCC(c2nnc3n2CCCCC3)C1. The molecule has 1 saturated heterocycles. The van der Waals surface area contributed by atoms with Crippen molar-refractivity contribution < 1.29 is 9.84 Å². The van der Waals surface area contributed by atoms with Gasteiger partial charge in [0.05, 0.1) is 5.02 Å². The van der Waals surface area contributed by atoms with Gasteiger partial charge in [0.1, 0.15) is 30.1 Å². The van der Waals surface area contributed by atoms with Gasteiger partial charge in [-0.3, -0.25) is 4.90 Å². The number of hydrogen-bond acceptors (Lipinski definition) is 5. The molecule has 2 aliphatic heterocycles. The Kier molecular flexibility index (Phi) is 6.50. The number of halogens is 1. The summed E-state index contributed by atoms with van der Waals surface area (Å²) in [5.74, 6) is 3.30. The van der Waals surface area contributed by atoms with Gasteiger partial charge in [0.2, 0.25) is 0 Å². The Labute approximate surface area is 171 Å². The van der Waals surface area contributed by atoms with E-state index in [1.165, 1.54) is 19.3 Å². The third kappa shape index (κ3) is 4.67. The van der Waals surface area contributed by atoms with Crippen molar-refractivity contribution in [2.75, 3.05) is 26.2 Å². The fraction of sp³-hybridized carbons (Fsp3) is 0.619. The molecule has 1 fully saturated rings. The highest BCUT2D eigenvalue weighted by Gasteiger charge is 2.28. The summed E-state index contributed by atoms with van der Waals surface area (Å²) >= 11 is 6.11. The van der Waals surface area contributed by atoms with Crippen LogP contribution in [0.3, 0.4) is 0 Å². The maximum Gasteiger partial charge on any atom is 0.138 e. The van der Waals surface area contributed by atoms with Crippen molar-refractivity contribution in [1.29, 1.82) is 0 Å².